The number of fused-ring (bicyclic) bond motifs is 1. The van der Waals surface area contributed by atoms with Gasteiger partial charge in [0.2, 0.25) is 59.1 Å². The maximum Gasteiger partial charge on any atom is 0.326 e. The van der Waals surface area contributed by atoms with Crippen molar-refractivity contribution in [3.8, 4) is 5.75 Å². The second-order valence-corrected chi connectivity index (χ2v) is 18.8. The van der Waals surface area contributed by atoms with Gasteiger partial charge >= 0.3 is 5.97 Å². The Bertz CT molecular complexity index is 2760. The van der Waals surface area contributed by atoms with Gasteiger partial charge in [-0.05, 0) is 60.9 Å². The molecule has 81 heavy (non-hydrogen) atoms. The smallest absolute Gasteiger partial charge is 0.326 e. The minimum atomic E-state index is -1.74. The molecule has 0 spiro atoms. The number of para-hydroxylation sites is 1. The summed E-state index contributed by atoms with van der Waals surface area (Å²) in [7, 11) is 0. The van der Waals surface area contributed by atoms with Gasteiger partial charge in [0.05, 0.1) is 25.9 Å². The van der Waals surface area contributed by atoms with Crippen LogP contribution in [0.2, 0.25) is 0 Å². The van der Waals surface area contributed by atoms with Crippen LogP contribution >= 0.6 is 0 Å². The molecule has 2 aromatic carbocycles. The molecule has 3 aromatic rings. The number of carbonyl (C=O) groups is 11. The second-order valence-electron chi connectivity index (χ2n) is 18.8. The van der Waals surface area contributed by atoms with Gasteiger partial charge < -0.3 is 97.9 Å². The van der Waals surface area contributed by atoms with Gasteiger partial charge in [-0.25, -0.2) is 4.79 Å². The average molecular weight is 1140 g/mol. The summed E-state index contributed by atoms with van der Waals surface area (Å²) in [4.78, 5) is 157. The molecule has 31 nitrogen and oxygen atoms in total. The van der Waals surface area contributed by atoms with Crippen molar-refractivity contribution in [2.24, 2.45) is 56.0 Å². The van der Waals surface area contributed by atoms with Crippen molar-refractivity contribution in [3.05, 3.63) is 65.9 Å². The highest BCUT2D eigenvalue weighted by molar-refractivity contribution is 5.99. The molecule has 0 fully saturated rings. The highest BCUT2D eigenvalue weighted by Gasteiger charge is 2.35. The number of nitrogens with zero attached hydrogens (tertiary/aromatic N) is 2. The third-order valence-electron chi connectivity index (χ3n) is 12.4. The number of carboxylic acid groups (broad SMARTS) is 1. The Balaban J connectivity index is 1.99. The number of aliphatic carboxylic acids is 1. The lowest BCUT2D eigenvalue weighted by Gasteiger charge is -2.29. The number of aromatic amines is 1. The Labute approximate surface area is 464 Å². The number of benzene rings is 2. The minimum absolute atomic E-state index is 0.0212. The van der Waals surface area contributed by atoms with Crippen molar-refractivity contribution in [1.29, 1.82) is 0 Å². The first kappa shape index (κ1) is 65.7. The molecule has 31 heteroatoms. The maximum atomic E-state index is 14.7. The first-order chi connectivity index (χ1) is 38.3. The van der Waals surface area contributed by atoms with E-state index in [-0.39, 0.29) is 75.7 Å². The summed E-state index contributed by atoms with van der Waals surface area (Å²) < 4.78 is 0. The molecule has 10 amide bonds. The van der Waals surface area contributed by atoms with Crippen LogP contribution in [0.25, 0.3) is 10.9 Å². The first-order valence-corrected chi connectivity index (χ1v) is 25.6. The zero-order chi connectivity index (χ0) is 60.3. The predicted octanol–water partition coefficient (Wildman–Crippen LogP) is -5.88. The fourth-order valence-electron chi connectivity index (χ4n) is 7.99. The number of guanidine groups is 2. The Hall–Kier alpha value is -9.55. The lowest BCUT2D eigenvalue weighted by molar-refractivity contribution is -0.144. The number of aromatic nitrogens is 1. The van der Waals surface area contributed by atoms with Crippen molar-refractivity contribution < 1.29 is 63.0 Å². The van der Waals surface area contributed by atoms with E-state index >= 15 is 0 Å². The summed E-state index contributed by atoms with van der Waals surface area (Å²) in [6.45, 7) is 2.00. The molecule has 0 bridgehead atoms. The highest BCUT2D eigenvalue weighted by Crippen LogP contribution is 2.20. The SMILES string of the molecule is CC[C@H](C)[C@H](NC(=O)[C@H](CCCN=C(N)N)NC(=O)[C@H](Cc1ccc(O)cc1)NC(=O)[C@H](Cc1c[nH]c2ccccc12)NC(=O)CNC(=O)[C@H](CC(N)=O)NC(=O)[C@H](CCCN=C(N)N)NC(=O)CN)C(=O)N[C@@H](CC(N)=O)C(=O)O. The van der Waals surface area contributed by atoms with Crippen molar-refractivity contribution in [2.45, 2.75) is 114 Å². The monoisotopic (exact) mass is 1130 g/mol. The Kier molecular flexibility index (Phi) is 26.8. The van der Waals surface area contributed by atoms with Crippen molar-refractivity contribution in [3.63, 3.8) is 0 Å². The number of carbonyl (C=O) groups excluding carboxylic acids is 10. The molecular weight excluding hydrogens is 1060 g/mol. The van der Waals surface area contributed by atoms with E-state index in [2.05, 4.69) is 57.5 Å². The summed E-state index contributed by atoms with van der Waals surface area (Å²) >= 11 is 0. The molecule has 0 aliphatic carbocycles. The summed E-state index contributed by atoms with van der Waals surface area (Å²) in [6, 6.07) is 1.95. The Morgan fingerprint density at radius 2 is 1.07 bits per heavy atom. The van der Waals surface area contributed by atoms with Crippen molar-refractivity contribution in [2.75, 3.05) is 26.2 Å². The Morgan fingerprint density at radius 1 is 0.580 bits per heavy atom. The van der Waals surface area contributed by atoms with Crippen LogP contribution in [0.15, 0.2) is 64.7 Å². The van der Waals surface area contributed by atoms with Crippen LogP contribution in [0.3, 0.4) is 0 Å². The fourth-order valence-corrected chi connectivity index (χ4v) is 7.99. The molecule has 0 radical (unpaired) electrons. The maximum absolute atomic E-state index is 14.7. The summed E-state index contributed by atoms with van der Waals surface area (Å²) in [6.07, 6.45) is -0.0635. The number of primary amides is 2. The molecule has 0 unspecified atom stereocenters. The molecular formula is C50H74N18O13. The van der Waals surface area contributed by atoms with Gasteiger partial charge in [-0.3, -0.25) is 57.9 Å². The van der Waals surface area contributed by atoms with Crippen molar-refractivity contribution >= 4 is 87.9 Å². The third kappa shape index (κ3) is 23.1. The lowest BCUT2D eigenvalue weighted by atomic mass is 9.96. The van der Waals surface area contributed by atoms with E-state index < -0.39 is 139 Å². The summed E-state index contributed by atoms with van der Waals surface area (Å²) in [5, 5.41) is 40.1. The minimum Gasteiger partial charge on any atom is -0.508 e. The molecule has 442 valence electrons. The summed E-state index contributed by atoms with van der Waals surface area (Å²) in [5.74, 6) is -12.3. The molecule has 0 aliphatic heterocycles. The number of nitrogens with one attached hydrogen (secondary N) is 9. The molecule has 0 saturated heterocycles. The standard InChI is InChI=1S/C50H74N18O13/c1-3-25(2)41(47(79)67-36(48(80)81)21-38(53)71)68-44(76)32(11-7-17-59-50(56)57)64-45(77)33(18-26-12-14-28(69)15-13-26)65-46(78)34(19-27-23-60-30-9-5-4-8-29(27)30)63-40(73)24-61-42(74)35(20-37(52)70)66-43(75)31(62-39(72)22-51)10-6-16-58-49(54)55/h4-5,8-9,12-15,23,25,31-36,41,60,69H,3,6-7,10-11,16-22,24,51H2,1-2H3,(H2,52,70)(H2,53,71)(H,61,74)(H,62,72)(H,63,73)(H,64,77)(H,65,78)(H,66,75)(H,67,79)(H,68,76)(H,80,81)(H4,54,55,58)(H4,56,57,59)/t25-,31-,32-,33-,34-,35-,36-,41-/m0/s1. The van der Waals surface area contributed by atoms with Crippen LogP contribution in [0, 0.1) is 5.92 Å². The number of nitrogens with two attached hydrogens (primary N) is 7. The van der Waals surface area contributed by atoms with Gasteiger partial charge in [0.15, 0.2) is 11.9 Å². The van der Waals surface area contributed by atoms with Crippen LogP contribution < -0.4 is 82.7 Å². The van der Waals surface area contributed by atoms with Gasteiger partial charge in [-0.2, -0.15) is 0 Å². The van der Waals surface area contributed by atoms with E-state index in [1.165, 1.54) is 24.3 Å². The largest absolute Gasteiger partial charge is 0.508 e. The van der Waals surface area contributed by atoms with Crippen LogP contribution in [0.5, 0.6) is 5.75 Å². The fraction of sp³-hybridized carbons (Fsp3) is 0.460. The quantitative estimate of drug-likeness (QED) is 0.0148. The number of H-pyrrole nitrogens is 1. The molecule has 25 N–H and O–H groups in total. The van der Waals surface area contributed by atoms with E-state index in [0.29, 0.717) is 22.0 Å². The number of aliphatic imine (C=N–C) groups is 2. The molecule has 1 aromatic heterocycles. The predicted molar refractivity (Wildman–Crippen MR) is 294 cm³/mol. The van der Waals surface area contributed by atoms with Gasteiger partial charge in [0.1, 0.15) is 48.0 Å². The first-order valence-electron chi connectivity index (χ1n) is 25.6. The number of aromatic hydroxyl groups is 1. The van der Waals surface area contributed by atoms with Crippen LogP contribution in [-0.2, 0) is 65.6 Å². The van der Waals surface area contributed by atoms with E-state index in [1.807, 2.05) is 0 Å². The van der Waals surface area contributed by atoms with E-state index in [4.69, 9.17) is 40.1 Å². The Morgan fingerprint density at radius 3 is 1.63 bits per heavy atom. The van der Waals surface area contributed by atoms with Crippen LogP contribution in [-0.4, -0.2) is 161 Å². The number of amides is 10. The second kappa shape index (κ2) is 33.0. The summed E-state index contributed by atoms with van der Waals surface area (Å²) in [5.41, 5.74) is 39.4. The number of phenols is 1. The highest BCUT2D eigenvalue weighted by atomic mass is 16.4. The van der Waals surface area contributed by atoms with E-state index in [9.17, 15) is 63.0 Å². The van der Waals surface area contributed by atoms with Crippen molar-refractivity contribution in [1.82, 2.24) is 47.5 Å². The zero-order valence-electron chi connectivity index (χ0n) is 44.8. The molecule has 3 rings (SSSR count). The lowest BCUT2D eigenvalue weighted by Crippen LogP contribution is -2.60. The van der Waals surface area contributed by atoms with Gasteiger partial charge in [0, 0.05) is 43.0 Å². The number of hydrogen-bond donors (Lipinski definition) is 18. The molecule has 8 atom stereocenters. The third-order valence-corrected chi connectivity index (χ3v) is 12.4. The number of phenolic OH excluding ortho intramolecular Hbond substituents is 1. The normalized spacial score (nSPS) is 13.8. The molecule has 0 aliphatic rings. The average Bonchev–Trinajstić information content (AvgIpc) is 3.86. The van der Waals surface area contributed by atoms with Crippen LogP contribution in [0.4, 0.5) is 0 Å². The molecule has 0 saturated carbocycles. The molecule has 1 heterocycles. The van der Waals surface area contributed by atoms with Gasteiger partial charge in [0.25, 0.3) is 0 Å². The van der Waals surface area contributed by atoms with E-state index in [1.54, 1.807) is 44.3 Å². The van der Waals surface area contributed by atoms with Gasteiger partial charge in [-0.1, -0.05) is 50.6 Å². The zero-order valence-corrected chi connectivity index (χ0v) is 44.8. The number of carboxylic acids is 1. The van der Waals surface area contributed by atoms with E-state index in [0.717, 1.165) is 0 Å². The van der Waals surface area contributed by atoms with Gasteiger partial charge in [-0.15, -0.1) is 0 Å². The van der Waals surface area contributed by atoms with Crippen LogP contribution in [0.1, 0.15) is 69.9 Å². The topological polar surface area (TPSA) is 547 Å². The number of rotatable bonds is 35. The number of hydrogen-bond acceptors (Lipinski definition) is 15.